The molecule has 0 aliphatic heterocycles. The highest BCUT2D eigenvalue weighted by molar-refractivity contribution is 6.36. The molecule has 1 aromatic heterocycles. The Balaban J connectivity index is 1.84. The number of allylic oxidation sites excluding steroid dienone is 1. The van der Waals surface area contributed by atoms with Gasteiger partial charge in [0.15, 0.2) is 0 Å². The fourth-order valence-electron chi connectivity index (χ4n) is 4.75. The Morgan fingerprint density at radius 3 is 2.46 bits per heavy atom. The van der Waals surface area contributed by atoms with Crippen LogP contribution in [0, 0.1) is 23.2 Å². The maximum atomic E-state index is 14.7. The summed E-state index contributed by atoms with van der Waals surface area (Å²) in [4.78, 5) is 10.9. The topological polar surface area (TPSA) is 89.8 Å². The van der Waals surface area contributed by atoms with Crippen molar-refractivity contribution in [3.8, 4) is 6.07 Å². The van der Waals surface area contributed by atoms with E-state index in [2.05, 4.69) is 16.3 Å². The summed E-state index contributed by atoms with van der Waals surface area (Å²) in [6.45, 7) is 0. The van der Waals surface area contributed by atoms with Gasteiger partial charge in [0.1, 0.15) is 6.07 Å². The second-order valence-corrected chi connectivity index (χ2v) is 9.71. The average molecular weight is 532 g/mol. The number of benzene rings is 3. The summed E-state index contributed by atoms with van der Waals surface area (Å²) in [5, 5.41) is 26.6. The van der Waals surface area contributed by atoms with E-state index in [0.29, 0.717) is 26.7 Å². The largest absolute Gasteiger partial charge is 0.478 e. The zero-order valence-electron chi connectivity index (χ0n) is 19.4. The lowest BCUT2D eigenvalue weighted by Crippen LogP contribution is -2.16. The third-order valence-corrected chi connectivity index (χ3v) is 7.24. The highest BCUT2D eigenvalue weighted by atomic mass is 35.5. The van der Waals surface area contributed by atoms with Gasteiger partial charge >= 0.3 is 5.97 Å². The van der Waals surface area contributed by atoms with Gasteiger partial charge in [0.2, 0.25) is 5.95 Å². The van der Waals surface area contributed by atoms with Crippen LogP contribution in [-0.4, -0.2) is 21.3 Å². The Hall–Kier alpha value is -3.92. The molecule has 1 fully saturated rings. The zero-order chi connectivity index (χ0) is 26.1. The SMILES string of the molecule is N#Cc1c(C(=C(c2ccc(Cl)cc2Cl)C2CCC2)c2ccc(C=CC(=O)O)cc2)ccc2[nH]nc(F)c12. The third kappa shape index (κ3) is 4.76. The Kier molecular flexibility index (Phi) is 6.84. The predicted molar refractivity (Wildman–Crippen MR) is 144 cm³/mol. The standard InChI is InChI=1S/C29H20Cl2FN3O2/c30-19-9-10-21(23(31)14-19)27(17-2-1-3-17)26(18-7-4-16(5-8-18)6-13-25(36)37)20-11-12-24-28(22(20)15-33)29(32)35-34-24/h4-14,17H,1-3H2,(H,34,35)(H,36,37). The van der Waals surface area contributed by atoms with Crippen LogP contribution in [0.15, 0.2) is 60.7 Å². The number of aliphatic carboxylic acids is 1. The second kappa shape index (κ2) is 10.2. The number of aromatic amines is 1. The molecule has 0 atom stereocenters. The normalized spacial score (nSPS) is 14.4. The van der Waals surface area contributed by atoms with E-state index in [9.17, 15) is 14.4 Å². The van der Waals surface area contributed by atoms with Crippen LogP contribution in [-0.2, 0) is 4.79 Å². The molecule has 5 nitrogen and oxygen atoms in total. The molecule has 0 amide bonds. The van der Waals surface area contributed by atoms with Gasteiger partial charge in [-0.3, -0.25) is 5.10 Å². The molecular weight excluding hydrogens is 512 g/mol. The van der Waals surface area contributed by atoms with E-state index < -0.39 is 11.9 Å². The molecule has 37 heavy (non-hydrogen) atoms. The summed E-state index contributed by atoms with van der Waals surface area (Å²) in [6, 6.07) is 18.4. The van der Waals surface area contributed by atoms with Crippen molar-refractivity contribution in [2.24, 2.45) is 5.92 Å². The quantitative estimate of drug-likeness (QED) is 0.196. The van der Waals surface area contributed by atoms with Gasteiger partial charge in [-0.25, -0.2) is 4.79 Å². The lowest BCUT2D eigenvalue weighted by molar-refractivity contribution is -0.131. The number of nitrogens with zero attached hydrogens (tertiary/aromatic N) is 2. The molecule has 8 heteroatoms. The molecule has 1 heterocycles. The van der Waals surface area contributed by atoms with Crippen LogP contribution in [0.1, 0.15) is 47.1 Å². The molecule has 0 unspecified atom stereocenters. The maximum Gasteiger partial charge on any atom is 0.328 e. The summed E-state index contributed by atoms with van der Waals surface area (Å²) < 4.78 is 14.7. The lowest BCUT2D eigenvalue weighted by Gasteiger charge is -2.32. The molecule has 3 aromatic carbocycles. The van der Waals surface area contributed by atoms with E-state index in [-0.39, 0.29) is 16.9 Å². The number of carboxylic acid groups (broad SMARTS) is 1. The van der Waals surface area contributed by atoms with E-state index >= 15 is 0 Å². The minimum atomic E-state index is -1.04. The Morgan fingerprint density at radius 1 is 1.11 bits per heavy atom. The van der Waals surface area contributed by atoms with Gasteiger partial charge in [-0.05, 0) is 70.9 Å². The monoisotopic (exact) mass is 531 g/mol. The highest BCUT2D eigenvalue weighted by Gasteiger charge is 2.30. The van der Waals surface area contributed by atoms with Crippen molar-refractivity contribution in [3.05, 3.63) is 104 Å². The molecule has 0 bridgehead atoms. The first kappa shape index (κ1) is 24.8. The molecule has 1 aliphatic carbocycles. The number of hydrogen-bond acceptors (Lipinski definition) is 3. The summed E-state index contributed by atoms with van der Waals surface area (Å²) >= 11 is 12.9. The Morgan fingerprint density at radius 2 is 1.84 bits per heavy atom. The summed E-state index contributed by atoms with van der Waals surface area (Å²) in [5.74, 6) is -1.60. The van der Waals surface area contributed by atoms with E-state index in [1.54, 1.807) is 36.4 Å². The molecule has 0 radical (unpaired) electrons. The number of hydrogen-bond donors (Lipinski definition) is 2. The second-order valence-electron chi connectivity index (χ2n) is 8.87. The Bertz CT molecular complexity index is 1630. The number of fused-ring (bicyclic) bond motifs is 1. The van der Waals surface area contributed by atoms with Crippen LogP contribution in [0.25, 0.3) is 28.1 Å². The number of rotatable bonds is 6. The van der Waals surface area contributed by atoms with Crippen molar-refractivity contribution >= 4 is 57.3 Å². The van der Waals surface area contributed by atoms with Crippen LogP contribution in [0.2, 0.25) is 10.0 Å². The fraction of sp³-hybridized carbons (Fsp3) is 0.138. The van der Waals surface area contributed by atoms with Gasteiger partial charge in [0.05, 0.1) is 16.5 Å². The molecule has 184 valence electrons. The lowest BCUT2D eigenvalue weighted by atomic mass is 9.72. The van der Waals surface area contributed by atoms with Crippen molar-refractivity contribution in [1.29, 1.82) is 5.26 Å². The van der Waals surface area contributed by atoms with Crippen LogP contribution in [0.4, 0.5) is 4.39 Å². The van der Waals surface area contributed by atoms with Crippen LogP contribution >= 0.6 is 23.2 Å². The molecule has 5 rings (SSSR count). The van der Waals surface area contributed by atoms with Crippen molar-refractivity contribution in [2.45, 2.75) is 19.3 Å². The minimum absolute atomic E-state index is 0.133. The zero-order valence-corrected chi connectivity index (χ0v) is 20.9. The van der Waals surface area contributed by atoms with Crippen LogP contribution in [0.5, 0.6) is 0 Å². The number of carbonyl (C=O) groups is 1. The molecule has 1 saturated carbocycles. The number of halogens is 3. The summed E-state index contributed by atoms with van der Waals surface area (Å²) in [5.41, 5.74) is 5.20. The summed E-state index contributed by atoms with van der Waals surface area (Å²) in [6.07, 6.45) is 5.53. The number of aromatic nitrogens is 2. The predicted octanol–water partition coefficient (Wildman–Crippen LogP) is 7.74. The van der Waals surface area contributed by atoms with Gasteiger partial charge in [-0.2, -0.15) is 9.65 Å². The van der Waals surface area contributed by atoms with Crippen LogP contribution < -0.4 is 0 Å². The highest BCUT2D eigenvalue weighted by Crippen LogP contribution is 2.48. The van der Waals surface area contributed by atoms with E-state index in [1.165, 1.54) is 6.08 Å². The van der Waals surface area contributed by atoms with E-state index in [1.807, 2.05) is 18.2 Å². The average Bonchev–Trinajstić information content (AvgIpc) is 3.23. The van der Waals surface area contributed by atoms with E-state index in [0.717, 1.165) is 47.6 Å². The van der Waals surface area contributed by atoms with Gasteiger partial charge in [-0.1, -0.05) is 66.0 Å². The number of nitriles is 1. The molecular formula is C29H20Cl2FN3O2. The van der Waals surface area contributed by atoms with Crippen molar-refractivity contribution < 1.29 is 14.3 Å². The molecule has 1 aliphatic rings. The number of H-pyrrole nitrogens is 1. The molecule has 0 saturated heterocycles. The summed E-state index contributed by atoms with van der Waals surface area (Å²) in [7, 11) is 0. The van der Waals surface area contributed by atoms with Crippen molar-refractivity contribution in [2.75, 3.05) is 0 Å². The van der Waals surface area contributed by atoms with Crippen LogP contribution in [0.3, 0.4) is 0 Å². The number of nitrogens with one attached hydrogen (secondary N) is 1. The first-order chi connectivity index (χ1) is 17.9. The fourth-order valence-corrected chi connectivity index (χ4v) is 5.26. The minimum Gasteiger partial charge on any atom is -0.478 e. The Labute approximate surface area is 222 Å². The van der Waals surface area contributed by atoms with E-state index in [4.69, 9.17) is 28.3 Å². The smallest absolute Gasteiger partial charge is 0.328 e. The molecule has 0 spiro atoms. The molecule has 4 aromatic rings. The van der Waals surface area contributed by atoms with Gasteiger partial charge in [0.25, 0.3) is 0 Å². The third-order valence-electron chi connectivity index (χ3n) is 6.69. The number of carboxylic acids is 1. The maximum absolute atomic E-state index is 14.7. The first-order valence-corrected chi connectivity index (χ1v) is 12.4. The molecule has 2 N–H and O–H groups in total. The van der Waals surface area contributed by atoms with Gasteiger partial charge in [0, 0.05) is 21.7 Å². The van der Waals surface area contributed by atoms with Crippen molar-refractivity contribution in [1.82, 2.24) is 10.2 Å². The first-order valence-electron chi connectivity index (χ1n) is 11.7. The van der Waals surface area contributed by atoms with Crippen molar-refractivity contribution in [3.63, 3.8) is 0 Å². The van der Waals surface area contributed by atoms with Gasteiger partial charge < -0.3 is 5.11 Å². The van der Waals surface area contributed by atoms with Gasteiger partial charge in [-0.15, -0.1) is 5.10 Å².